The highest BCUT2D eigenvalue weighted by Gasteiger charge is 2.39. The van der Waals surface area contributed by atoms with Gasteiger partial charge >= 0.3 is 0 Å². The predicted octanol–water partition coefficient (Wildman–Crippen LogP) is 3.96. The first-order valence-electron chi connectivity index (χ1n) is 10.6. The SMILES string of the molecule is COC1CCC(C(=O)N2CCc3cc4c(cc3CC2C(C)(C)C)OCO4)CC1. The lowest BCUT2D eigenvalue weighted by molar-refractivity contribution is -0.142. The number of hydrogen-bond donors (Lipinski definition) is 0. The van der Waals surface area contributed by atoms with Crippen LogP contribution in [0, 0.1) is 11.3 Å². The monoisotopic (exact) mass is 387 g/mol. The van der Waals surface area contributed by atoms with Crippen molar-refractivity contribution in [2.24, 2.45) is 11.3 Å². The molecule has 2 aliphatic heterocycles. The maximum atomic E-state index is 13.5. The Morgan fingerprint density at radius 3 is 2.32 bits per heavy atom. The van der Waals surface area contributed by atoms with E-state index in [9.17, 15) is 4.79 Å². The van der Waals surface area contributed by atoms with Crippen molar-refractivity contribution in [2.45, 2.75) is 71.4 Å². The van der Waals surface area contributed by atoms with Gasteiger partial charge in [0.1, 0.15) is 0 Å². The molecule has 5 heteroatoms. The van der Waals surface area contributed by atoms with Crippen LogP contribution in [0.1, 0.15) is 57.6 Å². The molecule has 1 aromatic carbocycles. The molecule has 0 bridgehead atoms. The number of methoxy groups -OCH3 is 1. The fourth-order valence-electron chi connectivity index (χ4n) is 4.98. The molecule has 1 aliphatic carbocycles. The van der Waals surface area contributed by atoms with E-state index in [1.165, 1.54) is 11.1 Å². The summed E-state index contributed by atoms with van der Waals surface area (Å²) in [5.74, 6) is 2.14. The molecule has 4 rings (SSSR count). The van der Waals surface area contributed by atoms with Gasteiger partial charge in [-0.25, -0.2) is 0 Å². The summed E-state index contributed by atoms with van der Waals surface area (Å²) in [5.41, 5.74) is 2.59. The van der Waals surface area contributed by atoms with Crippen molar-refractivity contribution in [3.63, 3.8) is 0 Å². The number of fused-ring (bicyclic) bond motifs is 2. The van der Waals surface area contributed by atoms with E-state index in [0.717, 1.165) is 56.6 Å². The molecule has 1 aromatic rings. The topological polar surface area (TPSA) is 48.0 Å². The summed E-state index contributed by atoms with van der Waals surface area (Å²) in [7, 11) is 1.78. The van der Waals surface area contributed by atoms with E-state index in [1.807, 2.05) is 0 Å². The Morgan fingerprint density at radius 2 is 1.71 bits per heavy atom. The fourth-order valence-corrected chi connectivity index (χ4v) is 4.98. The Labute approximate surface area is 168 Å². The molecular formula is C23H33NO4. The van der Waals surface area contributed by atoms with Gasteiger partial charge in [0.2, 0.25) is 12.7 Å². The number of benzene rings is 1. The Hall–Kier alpha value is -1.75. The molecule has 2 heterocycles. The molecule has 1 amide bonds. The van der Waals surface area contributed by atoms with Crippen LogP contribution >= 0.6 is 0 Å². The van der Waals surface area contributed by atoms with Crippen LogP contribution in [0.2, 0.25) is 0 Å². The van der Waals surface area contributed by atoms with Crippen LogP contribution in [0.4, 0.5) is 0 Å². The summed E-state index contributed by atoms with van der Waals surface area (Å²) in [6.45, 7) is 7.82. The predicted molar refractivity (Wildman–Crippen MR) is 108 cm³/mol. The largest absolute Gasteiger partial charge is 0.454 e. The summed E-state index contributed by atoms with van der Waals surface area (Å²) in [6.07, 6.45) is 5.91. The lowest BCUT2D eigenvalue weighted by Crippen LogP contribution is -2.51. The third-order valence-corrected chi connectivity index (χ3v) is 6.75. The molecule has 0 saturated heterocycles. The highest BCUT2D eigenvalue weighted by Crippen LogP contribution is 2.40. The zero-order valence-corrected chi connectivity index (χ0v) is 17.6. The number of hydrogen-bond acceptors (Lipinski definition) is 4. The molecular weight excluding hydrogens is 354 g/mol. The minimum absolute atomic E-state index is 0.0113. The van der Waals surface area contributed by atoms with Crippen molar-refractivity contribution in [3.05, 3.63) is 23.3 Å². The van der Waals surface area contributed by atoms with E-state index in [0.29, 0.717) is 18.8 Å². The van der Waals surface area contributed by atoms with Gasteiger partial charge in [0, 0.05) is 25.6 Å². The second kappa shape index (κ2) is 7.58. The third kappa shape index (κ3) is 3.73. The molecule has 0 radical (unpaired) electrons. The Morgan fingerprint density at radius 1 is 1.07 bits per heavy atom. The number of rotatable bonds is 2. The maximum absolute atomic E-state index is 13.5. The summed E-state index contributed by atoms with van der Waals surface area (Å²) < 4.78 is 16.7. The highest BCUT2D eigenvalue weighted by atomic mass is 16.7. The van der Waals surface area contributed by atoms with Gasteiger partial charge in [0.15, 0.2) is 11.5 Å². The first-order valence-corrected chi connectivity index (χ1v) is 10.6. The average Bonchev–Trinajstić information content (AvgIpc) is 3.04. The van der Waals surface area contributed by atoms with Gasteiger partial charge < -0.3 is 19.1 Å². The van der Waals surface area contributed by atoms with E-state index in [1.54, 1.807) is 7.11 Å². The lowest BCUT2D eigenvalue weighted by Gasteiger charge is -2.41. The number of carbonyl (C=O) groups is 1. The minimum Gasteiger partial charge on any atom is -0.454 e. The van der Waals surface area contributed by atoms with Gasteiger partial charge in [0.25, 0.3) is 0 Å². The van der Waals surface area contributed by atoms with Crippen LogP contribution in [-0.4, -0.2) is 43.4 Å². The number of carbonyl (C=O) groups excluding carboxylic acids is 1. The van der Waals surface area contributed by atoms with Crippen LogP contribution in [0.5, 0.6) is 11.5 Å². The molecule has 0 spiro atoms. The van der Waals surface area contributed by atoms with E-state index in [4.69, 9.17) is 14.2 Å². The first-order chi connectivity index (χ1) is 13.4. The number of ether oxygens (including phenoxy) is 3. The van der Waals surface area contributed by atoms with Crippen LogP contribution in [0.15, 0.2) is 12.1 Å². The van der Waals surface area contributed by atoms with Gasteiger partial charge in [-0.3, -0.25) is 4.79 Å². The lowest BCUT2D eigenvalue weighted by atomic mass is 9.80. The fraction of sp³-hybridized carbons (Fsp3) is 0.696. The van der Waals surface area contributed by atoms with Crippen molar-refractivity contribution < 1.29 is 19.0 Å². The normalized spacial score (nSPS) is 27.3. The van der Waals surface area contributed by atoms with Crippen molar-refractivity contribution in [3.8, 4) is 11.5 Å². The highest BCUT2D eigenvalue weighted by molar-refractivity contribution is 5.79. The standard InChI is InChI=1S/C23H33NO4/c1-23(2,3)21-13-17-12-20-19(27-14-28-20)11-16(17)9-10-24(21)22(25)15-5-7-18(26-4)8-6-15/h11-12,15,18,21H,5-10,13-14H2,1-4H3. The first kappa shape index (κ1) is 19.6. The zero-order chi connectivity index (χ0) is 19.9. The molecule has 28 heavy (non-hydrogen) atoms. The van der Waals surface area contributed by atoms with E-state index in [-0.39, 0.29) is 17.4 Å². The number of amides is 1. The van der Waals surface area contributed by atoms with Crippen LogP contribution in [0.3, 0.4) is 0 Å². The van der Waals surface area contributed by atoms with Gasteiger partial charge in [0.05, 0.1) is 6.10 Å². The quantitative estimate of drug-likeness (QED) is 0.771. The minimum atomic E-state index is 0.0113. The van der Waals surface area contributed by atoms with Crippen molar-refractivity contribution in [1.29, 1.82) is 0 Å². The summed E-state index contributed by atoms with van der Waals surface area (Å²) >= 11 is 0. The van der Waals surface area contributed by atoms with Crippen molar-refractivity contribution in [2.75, 3.05) is 20.4 Å². The Kier molecular flexibility index (Phi) is 5.30. The van der Waals surface area contributed by atoms with Crippen LogP contribution < -0.4 is 9.47 Å². The van der Waals surface area contributed by atoms with E-state index < -0.39 is 0 Å². The molecule has 1 atom stereocenters. The van der Waals surface area contributed by atoms with Gasteiger partial charge in [-0.1, -0.05) is 20.8 Å². The molecule has 1 saturated carbocycles. The van der Waals surface area contributed by atoms with Gasteiger partial charge in [-0.15, -0.1) is 0 Å². The van der Waals surface area contributed by atoms with Crippen molar-refractivity contribution >= 4 is 5.91 Å². The maximum Gasteiger partial charge on any atom is 0.231 e. The van der Waals surface area contributed by atoms with E-state index in [2.05, 4.69) is 37.8 Å². The van der Waals surface area contributed by atoms with Gasteiger partial charge in [-0.05, 0) is 67.2 Å². The summed E-state index contributed by atoms with van der Waals surface area (Å²) in [4.78, 5) is 15.7. The molecule has 1 unspecified atom stereocenters. The van der Waals surface area contributed by atoms with Crippen LogP contribution in [-0.2, 0) is 22.4 Å². The van der Waals surface area contributed by atoms with Crippen molar-refractivity contribution in [1.82, 2.24) is 4.90 Å². The molecule has 1 fully saturated rings. The zero-order valence-electron chi connectivity index (χ0n) is 17.6. The van der Waals surface area contributed by atoms with Crippen LogP contribution in [0.25, 0.3) is 0 Å². The summed E-state index contributed by atoms with van der Waals surface area (Å²) in [5, 5.41) is 0. The molecule has 0 N–H and O–H groups in total. The van der Waals surface area contributed by atoms with Gasteiger partial charge in [-0.2, -0.15) is 0 Å². The average molecular weight is 388 g/mol. The smallest absolute Gasteiger partial charge is 0.231 e. The molecule has 0 aromatic heterocycles. The molecule has 3 aliphatic rings. The summed E-state index contributed by atoms with van der Waals surface area (Å²) in [6, 6.07) is 4.44. The number of nitrogens with zero attached hydrogens (tertiary/aromatic N) is 1. The molecule has 154 valence electrons. The second-order valence-electron chi connectivity index (χ2n) is 9.55. The Balaban J connectivity index is 1.58. The second-order valence-corrected chi connectivity index (χ2v) is 9.55. The van der Waals surface area contributed by atoms with E-state index >= 15 is 0 Å². The molecule has 5 nitrogen and oxygen atoms in total. The Bertz CT molecular complexity index is 731. The third-order valence-electron chi connectivity index (χ3n) is 6.75.